The van der Waals surface area contributed by atoms with Crippen molar-refractivity contribution in [3.05, 3.63) is 0 Å². The molecule has 2 heteroatoms. The second-order valence-electron chi connectivity index (χ2n) is 5.65. The average molecular weight is 199 g/mol. The number of rotatable bonds is 5. The van der Waals surface area contributed by atoms with E-state index in [9.17, 15) is 4.79 Å². The fourth-order valence-corrected chi connectivity index (χ4v) is 1.10. The summed E-state index contributed by atoms with van der Waals surface area (Å²) in [6.45, 7) is 10.5. The van der Waals surface area contributed by atoms with E-state index >= 15 is 0 Å². The normalized spacial score (nSPS) is 14.5. The van der Waals surface area contributed by atoms with Crippen LogP contribution in [0.2, 0.25) is 0 Å². The summed E-state index contributed by atoms with van der Waals surface area (Å²) in [4.78, 5) is 11.5. The molecule has 0 aliphatic heterocycles. The predicted octanol–water partition coefficient (Wildman–Crippen LogP) is 2.76. The Labute approximate surface area is 88.3 Å². The van der Waals surface area contributed by atoms with Gasteiger partial charge in [0, 0.05) is 18.9 Å². The van der Waals surface area contributed by atoms with Gasteiger partial charge in [0.05, 0.1) is 0 Å². The molecule has 14 heavy (non-hydrogen) atoms. The summed E-state index contributed by atoms with van der Waals surface area (Å²) < 4.78 is 0. The van der Waals surface area contributed by atoms with Crippen LogP contribution in [0.5, 0.6) is 0 Å². The van der Waals surface area contributed by atoms with Crippen LogP contribution in [0.4, 0.5) is 0 Å². The van der Waals surface area contributed by atoms with Gasteiger partial charge in [-0.1, -0.05) is 34.6 Å². The van der Waals surface area contributed by atoms with E-state index in [4.69, 9.17) is 5.73 Å². The van der Waals surface area contributed by atoms with Crippen LogP contribution in [0, 0.1) is 11.3 Å². The maximum atomic E-state index is 11.5. The second-order valence-corrected chi connectivity index (χ2v) is 5.65. The Morgan fingerprint density at radius 1 is 1.29 bits per heavy atom. The van der Waals surface area contributed by atoms with Crippen molar-refractivity contribution in [1.29, 1.82) is 0 Å². The number of carbonyl (C=O) groups is 1. The van der Waals surface area contributed by atoms with Crippen LogP contribution in [-0.2, 0) is 4.79 Å². The Kier molecular flexibility index (Phi) is 5.35. The van der Waals surface area contributed by atoms with Crippen molar-refractivity contribution in [2.45, 2.75) is 59.9 Å². The van der Waals surface area contributed by atoms with Gasteiger partial charge < -0.3 is 5.73 Å². The predicted molar refractivity (Wildman–Crippen MR) is 61.1 cm³/mol. The van der Waals surface area contributed by atoms with E-state index in [1.807, 2.05) is 0 Å². The quantitative estimate of drug-likeness (QED) is 0.740. The summed E-state index contributed by atoms with van der Waals surface area (Å²) in [5.41, 5.74) is 5.97. The summed E-state index contributed by atoms with van der Waals surface area (Å²) in [5, 5.41) is 0. The van der Waals surface area contributed by atoms with Crippen LogP contribution in [0.1, 0.15) is 53.9 Å². The third kappa shape index (κ3) is 6.14. The summed E-state index contributed by atoms with van der Waals surface area (Å²) in [6, 6.07) is -0.0119. The first-order valence-electron chi connectivity index (χ1n) is 5.50. The van der Waals surface area contributed by atoms with Crippen molar-refractivity contribution in [2.24, 2.45) is 17.1 Å². The molecule has 1 atom stereocenters. The highest BCUT2D eigenvalue weighted by Crippen LogP contribution is 2.20. The smallest absolute Gasteiger partial charge is 0.134 e. The van der Waals surface area contributed by atoms with E-state index in [-0.39, 0.29) is 11.5 Å². The molecule has 0 aliphatic rings. The van der Waals surface area contributed by atoms with Crippen LogP contribution in [0.25, 0.3) is 0 Å². The molecule has 0 heterocycles. The molecular formula is C12H25NO. The topological polar surface area (TPSA) is 43.1 Å². The van der Waals surface area contributed by atoms with Crippen molar-refractivity contribution in [2.75, 3.05) is 0 Å². The Morgan fingerprint density at radius 3 is 2.14 bits per heavy atom. The first-order chi connectivity index (χ1) is 6.23. The van der Waals surface area contributed by atoms with Gasteiger partial charge in [-0.15, -0.1) is 0 Å². The Bertz CT molecular complexity index is 179. The van der Waals surface area contributed by atoms with E-state index < -0.39 is 0 Å². The molecule has 0 bridgehead atoms. The summed E-state index contributed by atoms with van der Waals surface area (Å²) >= 11 is 0. The zero-order chi connectivity index (χ0) is 11.4. The molecule has 2 nitrogen and oxygen atoms in total. The van der Waals surface area contributed by atoms with Gasteiger partial charge in [-0.25, -0.2) is 0 Å². The largest absolute Gasteiger partial charge is 0.327 e. The van der Waals surface area contributed by atoms with Crippen molar-refractivity contribution >= 4 is 5.78 Å². The number of hydrogen-bond acceptors (Lipinski definition) is 2. The second kappa shape index (κ2) is 5.50. The molecule has 0 rings (SSSR count). The number of Topliss-reactive ketones (excluding diaryl/α,β-unsaturated/α-hetero) is 1. The van der Waals surface area contributed by atoms with Crippen LogP contribution in [0.15, 0.2) is 0 Å². The molecular weight excluding hydrogens is 174 g/mol. The van der Waals surface area contributed by atoms with Gasteiger partial charge >= 0.3 is 0 Å². The Balaban J connectivity index is 3.84. The molecule has 2 N–H and O–H groups in total. The number of nitrogens with two attached hydrogens (primary N) is 1. The van der Waals surface area contributed by atoms with Crippen molar-refractivity contribution < 1.29 is 4.79 Å². The van der Waals surface area contributed by atoms with Crippen molar-refractivity contribution in [3.63, 3.8) is 0 Å². The van der Waals surface area contributed by atoms with E-state index in [1.165, 1.54) is 0 Å². The highest BCUT2D eigenvalue weighted by molar-refractivity contribution is 5.79. The highest BCUT2D eigenvalue weighted by atomic mass is 16.1. The average Bonchev–Trinajstić information content (AvgIpc) is 1.99. The fourth-order valence-electron chi connectivity index (χ4n) is 1.10. The van der Waals surface area contributed by atoms with Gasteiger partial charge in [0.25, 0.3) is 0 Å². The van der Waals surface area contributed by atoms with Gasteiger partial charge in [0.15, 0.2) is 0 Å². The van der Waals surface area contributed by atoms with E-state index in [2.05, 4.69) is 34.6 Å². The lowest BCUT2D eigenvalue weighted by molar-refractivity contribution is -0.120. The third-order valence-electron chi connectivity index (χ3n) is 2.56. The molecule has 1 unspecified atom stereocenters. The van der Waals surface area contributed by atoms with Gasteiger partial charge in [0.1, 0.15) is 5.78 Å². The lowest BCUT2D eigenvalue weighted by Gasteiger charge is -2.26. The molecule has 0 radical (unpaired) electrons. The highest BCUT2D eigenvalue weighted by Gasteiger charge is 2.22. The van der Waals surface area contributed by atoms with E-state index in [1.54, 1.807) is 0 Å². The minimum absolute atomic E-state index is 0.0119. The lowest BCUT2D eigenvalue weighted by Crippen LogP contribution is -2.36. The first-order valence-corrected chi connectivity index (χ1v) is 5.50. The SMILES string of the molecule is CC(C)CCC(=O)CC(N)C(C)(C)C. The molecule has 0 aromatic heterocycles. The fraction of sp³-hybridized carbons (Fsp3) is 0.917. The summed E-state index contributed by atoms with van der Waals surface area (Å²) in [5.74, 6) is 0.908. The Hall–Kier alpha value is -0.370. The zero-order valence-corrected chi connectivity index (χ0v) is 10.3. The number of hydrogen-bond donors (Lipinski definition) is 1. The molecule has 0 aromatic rings. The summed E-state index contributed by atoms with van der Waals surface area (Å²) in [6.07, 6.45) is 2.19. The Morgan fingerprint density at radius 2 is 1.79 bits per heavy atom. The van der Waals surface area contributed by atoms with Crippen LogP contribution in [0.3, 0.4) is 0 Å². The van der Waals surface area contributed by atoms with Gasteiger partial charge in [-0.2, -0.15) is 0 Å². The lowest BCUT2D eigenvalue weighted by atomic mass is 9.84. The van der Waals surface area contributed by atoms with E-state index in [0.717, 1.165) is 6.42 Å². The minimum Gasteiger partial charge on any atom is -0.327 e. The van der Waals surface area contributed by atoms with Gasteiger partial charge in [-0.05, 0) is 17.8 Å². The zero-order valence-electron chi connectivity index (χ0n) is 10.3. The van der Waals surface area contributed by atoms with Crippen molar-refractivity contribution in [1.82, 2.24) is 0 Å². The maximum Gasteiger partial charge on any atom is 0.134 e. The first kappa shape index (κ1) is 13.6. The standard InChI is InChI=1S/C12H25NO/c1-9(2)6-7-10(14)8-11(13)12(3,4)5/h9,11H,6-8,13H2,1-5H3. The van der Waals surface area contributed by atoms with Crippen LogP contribution in [-0.4, -0.2) is 11.8 Å². The molecule has 0 aliphatic carbocycles. The van der Waals surface area contributed by atoms with Crippen LogP contribution >= 0.6 is 0 Å². The summed E-state index contributed by atoms with van der Waals surface area (Å²) in [7, 11) is 0. The third-order valence-corrected chi connectivity index (χ3v) is 2.56. The van der Waals surface area contributed by atoms with Crippen LogP contribution < -0.4 is 5.73 Å². The number of carbonyl (C=O) groups excluding carboxylic acids is 1. The molecule has 0 saturated heterocycles. The molecule has 84 valence electrons. The number of ketones is 1. The van der Waals surface area contributed by atoms with E-state index in [0.29, 0.717) is 24.5 Å². The van der Waals surface area contributed by atoms with Crippen molar-refractivity contribution in [3.8, 4) is 0 Å². The molecule has 0 aromatic carbocycles. The molecule has 0 amide bonds. The minimum atomic E-state index is -0.0119. The monoisotopic (exact) mass is 199 g/mol. The van der Waals surface area contributed by atoms with Gasteiger partial charge in [-0.3, -0.25) is 4.79 Å². The molecule has 0 saturated carbocycles. The molecule has 0 spiro atoms. The maximum absolute atomic E-state index is 11.5. The van der Waals surface area contributed by atoms with Gasteiger partial charge in [0.2, 0.25) is 0 Å². The molecule has 0 fully saturated rings.